The first kappa shape index (κ1) is 19.5. The predicted octanol–water partition coefficient (Wildman–Crippen LogP) is 5.72. The molecule has 8 atom stereocenters. The number of carboxylic acid groups (broad SMARTS) is 1. The standard InChI is InChI=1S/C24H38O3/c1-15(4-9-22(26)27)19-7-8-20-18-6-5-16-14-17(25)10-12-23(16,2)21(18)11-13-24(19,20)3/h15-16,18-21H,4-14H2,1-3H3,(H,26,27)/t15?,16-,18?,19?,20+,21-,23+,24-/m1/s1. The molecular weight excluding hydrogens is 336 g/mol. The maximum absolute atomic E-state index is 12.0. The molecular formula is C24H38O3. The molecule has 0 amide bonds. The van der Waals surface area contributed by atoms with Crippen molar-refractivity contribution in [2.24, 2.45) is 46.3 Å². The monoisotopic (exact) mass is 374 g/mol. The van der Waals surface area contributed by atoms with E-state index in [2.05, 4.69) is 20.8 Å². The van der Waals surface area contributed by atoms with E-state index in [1.54, 1.807) is 0 Å². The zero-order chi connectivity index (χ0) is 19.4. The van der Waals surface area contributed by atoms with Gasteiger partial charge in [0, 0.05) is 19.3 Å². The van der Waals surface area contributed by atoms with Gasteiger partial charge >= 0.3 is 5.97 Å². The first-order chi connectivity index (χ1) is 12.8. The average molecular weight is 375 g/mol. The Balaban J connectivity index is 1.52. The molecule has 152 valence electrons. The Labute approximate surface area is 164 Å². The summed E-state index contributed by atoms with van der Waals surface area (Å²) in [4.78, 5) is 23.1. The van der Waals surface area contributed by atoms with E-state index in [9.17, 15) is 9.59 Å². The second kappa shape index (κ2) is 6.88. The van der Waals surface area contributed by atoms with Crippen molar-refractivity contribution in [3.8, 4) is 0 Å². The average Bonchev–Trinajstić information content (AvgIpc) is 2.97. The second-order valence-corrected chi connectivity index (χ2v) is 11.0. The van der Waals surface area contributed by atoms with Gasteiger partial charge in [0.1, 0.15) is 5.78 Å². The molecule has 0 aromatic heterocycles. The number of Topliss-reactive ketones (excluding diaryl/α,β-unsaturated/α-hetero) is 1. The summed E-state index contributed by atoms with van der Waals surface area (Å²) in [7, 11) is 0. The van der Waals surface area contributed by atoms with E-state index in [4.69, 9.17) is 5.11 Å². The van der Waals surface area contributed by atoms with Crippen LogP contribution in [0.1, 0.15) is 91.4 Å². The molecule has 0 bridgehead atoms. The van der Waals surface area contributed by atoms with Crippen molar-refractivity contribution in [3.63, 3.8) is 0 Å². The number of ketones is 1. The molecule has 27 heavy (non-hydrogen) atoms. The lowest BCUT2D eigenvalue weighted by molar-refractivity contribution is -0.140. The topological polar surface area (TPSA) is 54.4 Å². The largest absolute Gasteiger partial charge is 0.481 e. The highest BCUT2D eigenvalue weighted by Crippen LogP contribution is 2.68. The van der Waals surface area contributed by atoms with E-state index in [0.717, 1.165) is 43.4 Å². The van der Waals surface area contributed by atoms with E-state index in [-0.39, 0.29) is 0 Å². The van der Waals surface area contributed by atoms with Gasteiger partial charge in [0.2, 0.25) is 0 Å². The molecule has 1 N–H and O–H groups in total. The molecule has 0 radical (unpaired) electrons. The number of carbonyl (C=O) groups excluding carboxylic acids is 1. The van der Waals surface area contributed by atoms with Gasteiger partial charge in [-0.2, -0.15) is 0 Å². The van der Waals surface area contributed by atoms with Crippen molar-refractivity contribution >= 4 is 11.8 Å². The number of fused-ring (bicyclic) bond motifs is 5. The van der Waals surface area contributed by atoms with Crippen molar-refractivity contribution in [2.75, 3.05) is 0 Å². The Morgan fingerprint density at radius 3 is 2.56 bits per heavy atom. The Hall–Kier alpha value is -0.860. The predicted molar refractivity (Wildman–Crippen MR) is 106 cm³/mol. The highest BCUT2D eigenvalue weighted by atomic mass is 16.4. The summed E-state index contributed by atoms with van der Waals surface area (Å²) >= 11 is 0. The van der Waals surface area contributed by atoms with Gasteiger partial charge in [0.15, 0.2) is 0 Å². The summed E-state index contributed by atoms with van der Waals surface area (Å²) in [6.45, 7) is 7.37. The van der Waals surface area contributed by atoms with Crippen LogP contribution in [0.25, 0.3) is 0 Å². The fourth-order valence-electron chi connectivity index (χ4n) is 8.57. The summed E-state index contributed by atoms with van der Waals surface area (Å²) in [6.07, 6.45) is 11.8. The maximum atomic E-state index is 12.0. The van der Waals surface area contributed by atoms with E-state index in [0.29, 0.717) is 40.8 Å². The zero-order valence-corrected chi connectivity index (χ0v) is 17.5. The molecule has 0 aliphatic heterocycles. The van der Waals surface area contributed by atoms with Crippen LogP contribution in [-0.4, -0.2) is 16.9 Å². The van der Waals surface area contributed by atoms with Crippen molar-refractivity contribution < 1.29 is 14.7 Å². The number of carboxylic acids is 1. The normalized spacial score (nSPS) is 47.7. The van der Waals surface area contributed by atoms with Crippen molar-refractivity contribution in [1.29, 1.82) is 0 Å². The molecule has 3 unspecified atom stereocenters. The molecule has 3 heteroatoms. The highest BCUT2D eigenvalue weighted by Gasteiger charge is 2.60. The number of hydrogen-bond donors (Lipinski definition) is 1. The zero-order valence-electron chi connectivity index (χ0n) is 17.5. The summed E-state index contributed by atoms with van der Waals surface area (Å²) in [5.74, 6) is 4.19. The smallest absolute Gasteiger partial charge is 0.303 e. The Morgan fingerprint density at radius 2 is 1.81 bits per heavy atom. The number of hydrogen-bond acceptors (Lipinski definition) is 2. The molecule has 4 saturated carbocycles. The SMILES string of the molecule is CC(CCC(=O)O)C1CC[C@H]2C3CC[C@@H]4CC(=O)CC[C@]4(C)[C@@H]3CC[C@]12C. The first-order valence-corrected chi connectivity index (χ1v) is 11.5. The van der Waals surface area contributed by atoms with Gasteiger partial charge in [0.25, 0.3) is 0 Å². The quantitative estimate of drug-likeness (QED) is 0.685. The van der Waals surface area contributed by atoms with E-state index >= 15 is 0 Å². The third-order valence-electron chi connectivity index (χ3n) is 10.1. The Kier molecular flexibility index (Phi) is 4.96. The van der Waals surface area contributed by atoms with Crippen LogP contribution >= 0.6 is 0 Å². The van der Waals surface area contributed by atoms with Gasteiger partial charge in [-0.1, -0.05) is 20.8 Å². The van der Waals surface area contributed by atoms with Crippen molar-refractivity contribution in [1.82, 2.24) is 0 Å². The van der Waals surface area contributed by atoms with Crippen LogP contribution in [0.5, 0.6) is 0 Å². The first-order valence-electron chi connectivity index (χ1n) is 11.5. The highest BCUT2D eigenvalue weighted by molar-refractivity contribution is 5.79. The number of carbonyl (C=O) groups is 2. The van der Waals surface area contributed by atoms with Crippen LogP contribution < -0.4 is 0 Å². The summed E-state index contributed by atoms with van der Waals surface area (Å²) < 4.78 is 0. The molecule has 0 saturated heterocycles. The number of rotatable bonds is 4. The van der Waals surface area contributed by atoms with Crippen LogP contribution in [0.3, 0.4) is 0 Å². The van der Waals surface area contributed by atoms with Crippen molar-refractivity contribution in [2.45, 2.75) is 91.4 Å². The fraction of sp³-hybridized carbons (Fsp3) is 0.917. The number of aliphatic carboxylic acids is 1. The van der Waals surface area contributed by atoms with Gasteiger partial charge in [-0.25, -0.2) is 0 Å². The molecule has 4 aliphatic rings. The van der Waals surface area contributed by atoms with Crippen LogP contribution in [0.15, 0.2) is 0 Å². The minimum absolute atomic E-state index is 0.318. The Morgan fingerprint density at radius 1 is 1.07 bits per heavy atom. The third-order valence-corrected chi connectivity index (χ3v) is 10.1. The fourth-order valence-corrected chi connectivity index (χ4v) is 8.57. The summed E-state index contributed by atoms with van der Waals surface area (Å²) in [6, 6.07) is 0. The van der Waals surface area contributed by atoms with E-state index in [1.807, 2.05) is 0 Å². The molecule has 0 aromatic rings. The lowest BCUT2D eigenvalue weighted by atomic mass is 9.44. The molecule has 4 aliphatic carbocycles. The summed E-state index contributed by atoms with van der Waals surface area (Å²) in [5.41, 5.74) is 0.804. The minimum Gasteiger partial charge on any atom is -0.481 e. The van der Waals surface area contributed by atoms with Gasteiger partial charge < -0.3 is 5.11 Å². The van der Waals surface area contributed by atoms with Gasteiger partial charge in [-0.05, 0) is 97.7 Å². The van der Waals surface area contributed by atoms with Gasteiger partial charge in [-0.3, -0.25) is 9.59 Å². The molecule has 0 heterocycles. The van der Waals surface area contributed by atoms with E-state index < -0.39 is 5.97 Å². The van der Waals surface area contributed by atoms with Crippen LogP contribution in [0.2, 0.25) is 0 Å². The van der Waals surface area contributed by atoms with Crippen LogP contribution in [-0.2, 0) is 9.59 Å². The van der Waals surface area contributed by atoms with E-state index in [1.165, 1.54) is 38.5 Å². The molecule has 4 fully saturated rings. The maximum Gasteiger partial charge on any atom is 0.303 e. The van der Waals surface area contributed by atoms with Crippen molar-refractivity contribution in [3.05, 3.63) is 0 Å². The lowest BCUT2D eigenvalue weighted by Crippen LogP contribution is -2.53. The van der Waals surface area contributed by atoms with Crippen LogP contribution in [0.4, 0.5) is 0 Å². The third kappa shape index (κ3) is 3.08. The van der Waals surface area contributed by atoms with Gasteiger partial charge in [-0.15, -0.1) is 0 Å². The molecule has 0 spiro atoms. The second-order valence-electron chi connectivity index (χ2n) is 11.0. The molecule has 4 rings (SSSR count). The van der Waals surface area contributed by atoms with Gasteiger partial charge in [0.05, 0.1) is 0 Å². The minimum atomic E-state index is -0.650. The lowest BCUT2D eigenvalue weighted by Gasteiger charge is -2.60. The molecule has 0 aromatic carbocycles. The summed E-state index contributed by atoms with van der Waals surface area (Å²) in [5, 5.41) is 9.09. The van der Waals surface area contributed by atoms with Crippen LogP contribution in [0, 0.1) is 46.3 Å². The Bertz CT molecular complexity index is 613. The molecule has 3 nitrogen and oxygen atoms in total.